The summed E-state index contributed by atoms with van der Waals surface area (Å²) in [5, 5.41) is 7.28. The Morgan fingerprint density at radius 1 is 1.03 bits per heavy atom. The predicted molar refractivity (Wildman–Crippen MR) is 133 cm³/mol. The molecule has 1 unspecified atom stereocenters. The van der Waals surface area contributed by atoms with Crippen LogP contribution in [0.5, 0.6) is 0 Å². The van der Waals surface area contributed by atoms with Crippen LogP contribution in [0.4, 0.5) is 0 Å². The van der Waals surface area contributed by atoms with Crippen molar-refractivity contribution in [3.63, 3.8) is 0 Å². The number of likely N-dealkylation sites (tertiary alicyclic amines) is 1. The second-order valence-corrected chi connectivity index (χ2v) is 8.99. The molecule has 1 atom stereocenters. The first-order valence-electron chi connectivity index (χ1n) is 11.2. The number of piperidine rings is 1. The maximum absolute atomic E-state index is 12.1. The Hall–Kier alpha value is -1.35. The van der Waals surface area contributed by atoms with Crippen LogP contribution in [0, 0.1) is 0 Å². The number of rotatable bonds is 5. The molecule has 0 bridgehead atoms. The minimum absolute atomic E-state index is 0. The summed E-state index contributed by atoms with van der Waals surface area (Å²) < 4.78 is 0. The average Bonchev–Trinajstić information content (AvgIpc) is 3.57. The topological polar surface area (TPSA) is 60.0 Å². The number of hydrogen-bond acceptors (Lipinski definition) is 3. The van der Waals surface area contributed by atoms with Crippen molar-refractivity contribution in [2.75, 3.05) is 33.7 Å². The third kappa shape index (κ3) is 6.33. The molecule has 30 heavy (non-hydrogen) atoms. The number of carbonyl (C=O) groups is 1. The molecular formula is C23H36IN5O. The molecular weight excluding hydrogens is 489 g/mol. The first kappa shape index (κ1) is 23.3. The lowest BCUT2D eigenvalue weighted by Gasteiger charge is -2.34. The number of carbonyl (C=O) groups excluding carboxylic acids is 1. The van der Waals surface area contributed by atoms with E-state index >= 15 is 0 Å². The molecule has 1 saturated carbocycles. The van der Waals surface area contributed by atoms with E-state index in [2.05, 4.69) is 44.8 Å². The van der Waals surface area contributed by atoms with Crippen molar-refractivity contribution < 1.29 is 4.79 Å². The fourth-order valence-corrected chi connectivity index (χ4v) is 4.48. The van der Waals surface area contributed by atoms with E-state index in [0.717, 1.165) is 44.1 Å². The highest BCUT2D eigenvalue weighted by molar-refractivity contribution is 14.0. The van der Waals surface area contributed by atoms with Gasteiger partial charge in [-0.3, -0.25) is 4.79 Å². The zero-order valence-electron chi connectivity index (χ0n) is 18.3. The summed E-state index contributed by atoms with van der Waals surface area (Å²) in [6.45, 7) is 2.53. The van der Waals surface area contributed by atoms with E-state index in [1.54, 1.807) is 19.0 Å². The highest BCUT2D eigenvalue weighted by Gasteiger charge is 2.32. The van der Waals surface area contributed by atoms with Crippen LogP contribution in [0.2, 0.25) is 0 Å². The van der Waals surface area contributed by atoms with E-state index in [1.165, 1.54) is 37.1 Å². The van der Waals surface area contributed by atoms with Crippen LogP contribution < -0.4 is 10.6 Å². The Morgan fingerprint density at radius 3 is 2.37 bits per heavy atom. The first-order chi connectivity index (χ1) is 14.1. The zero-order valence-corrected chi connectivity index (χ0v) is 20.6. The van der Waals surface area contributed by atoms with Crippen LogP contribution in [-0.2, 0) is 17.6 Å². The van der Waals surface area contributed by atoms with Crippen molar-refractivity contribution in [1.82, 2.24) is 20.4 Å². The van der Waals surface area contributed by atoms with Crippen molar-refractivity contribution in [3.8, 4) is 0 Å². The number of hydrogen-bond donors (Lipinski definition) is 2. The van der Waals surface area contributed by atoms with E-state index in [1.807, 2.05) is 0 Å². The van der Waals surface area contributed by atoms with Crippen molar-refractivity contribution in [1.29, 1.82) is 0 Å². The Balaban J connectivity index is 0.00000256. The zero-order chi connectivity index (χ0) is 20.2. The van der Waals surface area contributed by atoms with Crippen molar-refractivity contribution in [2.45, 2.75) is 63.1 Å². The molecule has 3 aliphatic rings. The highest BCUT2D eigenvalue weighted by Crippen LogP contribution is 2.29. The number of aliphatic imine (C=N–C) groups is 1. The molecule has 0 aromatic heterocycles. The number of halogens is 1. The number of fused-ring (bicyclic) bond motifs is 1. The van der Waals surface area contributed by atoms with Gasteiger partial charge in [0.25, 0.3) is 0 Å². The minimum Gasteiger partial charge on any atom is -0.354 e. The van der Waals surface area contributed by atoms with Gasteiger partial charge in [-0.15, -0.1) is 24.0 Å². The van der Waals surface area contributed by atoms with Crippen LogP contribution in [0.25, 0.3) is 0 Å². The minimum atomic E-state index is 0. The lowest BCUT2D eigenvalue weighted by Crippen LogP contribution is -2.52. The standard InChI is InChI=1S/C23H35N5O.HI/c1-27(2)22(29)16-24-23(25-19-11-13-28(14-12-19)21-9-10-21)26-20-8-7-17-5-3-4-6-18(17)15-20;/h3-6,19-21H,7-16H2,1-2H3,(H2,24,25,26);1H. The quantitative estimate of drug-likeness (QED) is 0.352. The van der Waals surface area contributed by atoms with Gasteiger partial charge in [0.05, 0.1) is 0 Å². The molecule has 1 aliphatic heterocycles. The molecule has 1 aromatic carbocycles. The van der Waals surface area contributed by atoms with Crippen LogP contribution in [0.15, 0.2) is 29.3 Å². The van der Waals surface area contributed by atoms with E-state index in [0.29, 0.717) is 12.1 Å². The molecule has 1 saturated heterocycles. The lowest BCUT2D eigenvalue weighted by atomic mass is 9.88. The van der Waals surface area contributed by atoms with Gasteiger partial charge in [-0.05, 0) is 56.1 Å². The number of nitrogens with one attached hydrogen (secondary N) is 2. The number of likely N-dealkylation sites (N-methyl/N-ethyl adjacent to an activating group) is 1. The highest BCUT2D eigenvalue weighted by atomic mass is 127. The smallest absolute Gasteiger partial charge is 0.243 e. The monoisotopic (exact) mass is 525 g/mol. The van der Waals surface area contributed by atoms with Gasteiger partial charge in [-0.2, -0.15) is 0 Å². The average molecular weight is 525 g/mol. The Morgan fingerprint density at radius 2 is 1.70 bits per heavy atom. The second-order valence-electron chi connectivity index (χ2n) is 8.99. The summed E-state index contributed by atoms with van der Waals surface area (Å²) in [5.41, 5.74) is 2.89. The summed E-state index contributed by atoms with van der Waals surface area (Å²) in [7, 11) is 3.56. The Bertz CT molecular complexity index is 741. The molecule has 0 radical (unpaired) electrons. The molecule has 2 N–H and O–H groups in total. The number of amides is 1. The predicted octanol–water partition coefficient (Wildman–Crippen LogP) is 2.41. The molecule has 1 amide bonds. The summed E-state index contributed by atoms with van der Waals surface area (Å²) >= 11 is 0. The molecule has 1 aromatic rings. The molecule has 1 heterocycles. The normalized spacial score (nSPS) is 22.6. The fourth-order valence-electron chi connectivity index (χ4n) is 4.48. The van der Waals surface area contributed by atoms with Gasteiger partial charge in [0, 0.05) is 45.3 Å². The van der Waals surface area contributed by atoms with E-state index in [-0.39, 0.29) is 36.4 Å². The van der Waals surface area contributed by atoms with Crippen LogP contribution in [0.3, 0.4) is 0 Å². The summed E-state index contributed by atoms with van der Waals surface area (Å²) in [4.78, 5) is 21.0. The fraction of sp³-hybridized carbons (Fsp3) is 0.652. The van der Waals surface area contributed by atoms with Crippen LogP contribution >= 0.6 is 24.0 Å². The third-order valence-corrected chi connectivity index (χ3v) is 6.49. The Labute approximate surface area is 197 Å². The number of benzene rings is 1. The maximum Gasteiger partial charge on any atom is 0.243 e. The SMILES string of the molecule is CN(C)C(=O)CN=C(NC1CCN(C2CC2)CC1)NC1CCc2ccccc2C1.I. The van der Waals surface area contributed by atoms with Gasteiger partial charge in [0.15, 0.2) is 5.96 Å². The van der Waals surface area contributed by atoms with Crippen molar-refractivity contribution >= 4 is 35.8 Å². The number of aryl methyl sites for hydroxylation is 1. The summed E-state index contributed by atoms with van der Waals surface area (Å²) in [5.74, 6) is 0.832. The molecule has 0 spiro atoms. The molecule has 6 nitrogen and oxygen atoms in total. The van der Waals surface area contributed by atoms with Crippen molar-refractivity contribution in [3.05, 3.63) is 35.4 Å². The molecule has 2 fully saturated rings. The second kappa shape index (κ2) is 10.8. The molecule has 4 rings (SSSR count). The number of guanidine groups is 1. The van der Waals surface area contributed by atoms with E-state index in [9.17, 15) is 4.79 Å². The largest absolute Gasteiger partial charge is 0.354 e. The van der Waals surface area contributed by atoms with Gasteiger partial charge < -0.3 is 20.4 Å². The Kier molecular flexibility index (Phi) is 8.39. The molecule has 7 heteroatoms. The molecule has 2 aliphatic carbocycles. The van der Waals surface area contributed by atoms with E-state index in [4.69, 9.17) is 0 Å². The third-order valence-electron chi connectivity index (χ3n) is 6.49. The first-order valence-corrected chi connectivity index (χ1v) is 11.2. The summed E-state index contributed by atoms with van der Waals surface area (Å²) in [6, 6.07) is 10.4. The van der Waals surface area contributed by atoms with Gasteiger partial charge in [0.2, 0.25) is 5.91 Å². The lowest BCUT2D eigenvalue weighted by molar-refractivity contribution is -0.127. The number of nitrogens with zero attached hydrogens (tertiary/aromatic N) is 3. The summed E-state index contributed by atoms with van der Waals surface area (Å²) in [6.07, 6.45) is 8.25. The van der Waals surface area contributed by atoms with Gasteiger partial charge in [-0.1, -0.05) is 24.3 Å². The van der Waals surface area contributed by atoms with Crippen molar-refractivity contribution in [2.24, 2.45) is 4.99 Å². The van der Waals surface area contributed by atoms with E-state index < -0.39 is 0 Å². The van der Waals surface area contributed by atoms with Crippen LogP contribution in [-0.4, -0.2) is 73.5 Å². The van der Waals surface area contributed by atoms with Gasteiger partial charge in [0.1, 0.15) is 6.54 Å². The van der Waals surface area contributed by atoms with Gasteiger partial charge in [-0.25, -0.2) is 4.99 Å². The molecule has 166 valence electrons. The van der Waals surface area contributed by atoms with Gasteiger partial charge >= 0.3 is 0 Å². The maximum atomic E-state index is 12.1. The van der Waals surface area contributed by atoms with Crippen LogP contribution in [0.1, 0.15) is 43.2 Å².